The van der Waals surface area contributed by atoms with E-state index in [9.17, 15) is 14.0 Å². The van der Waals surface area contributed by atoms with E-state index in [2.05, 4.69) is 5.32 Å². The minimum Gasteiger partial charge on any atom is -0.491 e. The largest absolute Gasteiger partial charge is 0.491 e. The van der Waals surface area contributed by atoms with Crippen LogP contribution in [0.1, 0.15) is 29.8 Å². The lowest BCUT2D eigenvalue weighted by Gasteiger charge is -2.12. The fraction of sp³-hybridized carbons (Fsp3) is 0.200. The summed E-state index contributed by atoms with van der Waals surface area (Å²) in [5, 5.41) is 3.19. The van der Waals surface area contributed by atoms with Crippen LogP contribution in [0.25, 0.3) is 11.0 Å². The average molecular weight is 355 g/mol. The van der Waals surface area contributed by atoms with Gasteiger partial charge in [-0.2, -0.15) is 0 Å². The Morgan fingerprint density at radius 2 is 1.92 bits per heavy atom. The van der Waals surface area contributed by atoms with Crippen LogP contribution in [0.3, 0.4) is 0 Å². The molecule has 0 radical (unpaired) electrons. The number of ether oxygens (including phenoxy) is 1. The zero-order valence-corrected chi connectivity index (χ0v) is 14.6. The number of nitrogens with one attached hydrogen (secondary N) is 1. The zero-order valence-electron chi connectivity index (χ0n) is 14.6. The van der Waals surface area contributed by atoms with E-state index in [0.29, 0.717) is 22.4 Å². The maximum Gasteiger partial charge on any atom is 0.337 e. The Hall–Kier alpha value is -3.15. The third-order valence-electron chi connectivity index (χ3n) is 3.77. The summed E-state index contributed by atoms with van der Waals surface area (Å²) >= 11 is 0. The normalized spacial score (nSPS) is 11.0. The first kappa shape index (κ1) is 17.7. The highest BCUT2D eigenvalue weighted by Crippen LogP contribution is 2.25. The number of benzene rings is 2. The summed E-state index contributed by atoms with van der Waals surface area (Å²) in [5.41, 5.74) is 0.851. The molecule has 0 saturated heterocycles. The number of hydrogen-bond acceptors (Lipinski definition) is 4. The lowest BCUT2D eigenvalue weighted by molar-refractivity contribution is 0.102. The zero-order chi connectivity index (χ0) is 18.8. The van der Waals surface area contributed by atoms with Gasteiger partial charge in [0.2, 0.25) is 0 Å². The fourth-order valence-electron chi connectivity index (χ4n) is 2.63. The number of carbonyl (C=O) groups excluding carboxylic acids is 1. The van der Waals surface area contributed by atoms with Gasteiger partial charge in [-0.3, -0.25) is 4.79 Å². The van der Waals surface area contributed by atoms with Crippen molar-refractivity contribution in [2.75, 3.05) is 5.32 Å². The summed E-state index contributed by atoms with van der Waals surface area (Å²) in [6.07, 6.45) is -0.0351. The maximum absolute atomic E-state index is 13.2. The SMILES string of the molecule is Cc1cc(F)ccc1NC(=O)c1cc(=O)oc2cc(OC(C)C)ccc12. The molecule has 0 aliphatic rings. The molecular weight excluding hydrogens is 337 g/mol. The van der Waals surface area contributed by atoms with Crippen LogP contribution in [0.4, 0.5) is 10.1 Å². The first-order valence-corrected chi connectivity index (χ1v) is 8.15. The summed E-state index contributed by atoms with van der Waals surface area (Å²) < 4.78 is 24.0. The van der Waals surface area contributed by atoms with Crippen molar-refractivity contribution >= 4 is 22.6 Å². The molecule has 134 valence electrons. The number of carbonyl (C=O) groups is 1. The summed E-state index contributed by atoms with van der Waals surface area (Å²) in [6.45, 7) is 5.45. The Labute approximate surface area is 149 Å². The Bertz CT molecular complexity index is 1040. The molecule has 2 aromatic carbocycles. The Morgan fingerprint density at radius 3 is 2.62 bits per heavy atom. The van der Waals surface area contributed by atoms with Crippen LogP contribution in [0.2, 0.25) is 0 Å². The van der Waals surface area contributed by atoms with Crippen molar-refractivity contribution in [3.8, 4) is 5.75 Å². The molecule has 6 heteroatoms. The van der Waals surface area contributed by atoms with Crippen molar-refractivity contribution < 1.29 is 18.3 Å². The second-order valence-electron chi connectivity index (χ2n) is 6.22. The second kappa shape index (κ2) is 7.00. The number of anilines is 1. The van der Waals surface area contributed by atoms with E-state index in [4.69, 9.17) is 9.15 Å². The molecule has 0 unspecified atom stereocenters. The minimum atomic E-state index is -0.639. The predicted octanol–water partition coefficient (Wildman–Crippen LogP) is 4.28. The van der Waals surface area contributed by atoms with Crippen molar-refractivity contribution in [3.63, 3.8) is 0 Å². The van der Waals surface area contributed by atoms with Gasteiger partial charge in [0.15, 0.2) is 0 Å². The predicted molar refractivity (Wildman–Crippen MR) is 97.3 cm³/mol. The van der Waals surface area contributed by atoms with E-state index in [0.717, 1.165) is 6.07 Å². The average Bonchev–Trinajstić information content (AvgIpc) is 2.55. The van der Waals surface area contributed by atoms with E-state index in [1.807, 2.05) is 13.8 Å². The molecule has 0 saturated carbocycles. The summed E-state index contributed by atoms with van der Waals surface area (Å²) in [6, 6.07) is 10.2. The van der Waals surface area contributed by atoms with Crippen LogP contribution in [0, 0.1) is 12.7 Å². The molecule has 0 aliphatic heterocycles. The molecule has 0 spiro atoms. The van der Waals surface area contributed by atoms with Gasteiger partial charge >= 0.3 is 5.63 Å². The van der Waals surface area contributed by atoms with Gasteiger partial charge < -0.3 is 14.5 Å². The molecule has 5 nitrogen and oxygen atoms in total. The van der Waals surface area contributed by atoms with Gasteiger partial charge in [-0.25, -0.2) is 9.18 Å². The molecule has 26 heavy (non-hydrogen) atoms. The van der Waals surface area contributed by atoms with E-state index in [1.165, 1.54) is 18.2 Å². The lowest BCUT2D eigenvalue weighted by Crippen LogP contribution is -2.16. The molecular formula is C20H18FNO4. The third-order valence-corrected chi connectivity index (χ3v) is 3.77. The summed E-state index contributed by atoms with van der Waals surface area (Å²) in [5.74, 6) is -0.318. The van der Waals surface area contributed by atoms with Gasteiger partial charge in [-0.05, 0) is 56.7 Å². The van der Waals surface area contributed by atoms with Crippen molar-refractivity contribution in [2.24, 2.45) is 0 Å². The van der Waals surface area contributed by atoms with Gasteiger partial charge in [0.25, 0.3) is 5.91 Å². The van der Waals surface area contributed by atoms with Crippen LogP contribution < -0.4 is 15.7 Å². The Morgan fingerprint density at radius 1 is 1.15 bits per heavy atom. The first-order valence-electron chi connectivity index (χ1n) is 8.15. The smallest absolute Gasteiger partial charge is 0.337 e. The highest BCUT2D eigenvalue weighted by molar-refractivity contribution is 6.12. The van der Waals surface area contributed by atoms with Gasteiger partial charge in [-0.15, -0.1) is 0 Å². The second-order valence-corrected chi connectivity index (χ2v) is 6.22. The van der Waals surface area contributed by atoms with E-state index in [1.54, 1.807) is 25.1 Å². The monoisotopic (exact) mass is 355 g/mol. The molecule has 0 bridgehead atoms. The number of halogens is 1. The van der Waals surface area contributed by atoms with Crippen LogP contribution >= 0.6 is 0 Å². The minimum absolute atomic E-state index is 0.0351. The van der Waals surface area contributed by atoms with Crippen molar-refractivity contribution in [3.05, 3.63) is 69.8 Å². The van der Waals surface area contributed by atoms with Gasteiger partial charge in [0.1, 0.15) is 17.1 Å². The highest BCUT2D eigenvalue weighted by atomic mass is 19.1. The van der Waals surface area contributed by atoms with Gasteiger partial charge in [0.05, 0.1) is 11.7 Å². The first-order chi connectivity index (χ1) is 12.3. The van der Waals surface area contributed by atoms with Crippen LogP contribution in [-0.4, -0.2) is 12.0 Å². The molecule has 1 aromatic heterocycles. The van der Waals surface area contributed by atoms with Crippen LogP contribution in [0.5, 0.6) is 5.75 Å². The quantitative estimate of drug-likeness (QED) is 0.709. The summed E-state index contributed by atoms with van der Waals surface area (Å²) in [7, 11) is 0. The Balaban J connectivity index is 2.00. The molecule has 1 heterocycles. The van der Waals surface area contributed by atoms with Gasteiger partial charge in [0, 0.05) is 23.2 Å². The fourth-order valence-corrected chi connectivity index (χ4v) is 2.63. The highest BCUT2D eigenvalue weighted by Gasteiger charge is 2.15. The lowest BCUT2D eigenvalue weighted by atomic mass is 10.1. The third kappa shape index (κ3) is 3.74. The Kier molecular flexibility index (Phi) is 4.75. The van der Waals surface area contributed by atoms with Crippen LogP contribution in [-0.2, 0) is 0 Å². The standard InChI is InChI=1S/C20H18FNO4/c1-11(2)25-14-5-6-15-16(10-19(23)26-18(15)9-14)20(24)22-17-7-4-13(21)8-12(17)3/h4-11H,1-3H3,(H,22,24). The summed E-state index contributed by atoms with van der Waals surface area (Å²) in [4.78, 5) is 24.5. The van der Waals surface area contributed by atoms with Crippen molar-refractivity contribution in [1.29, 1.82) is 0 Å². The molecule has 1 amide bonds. The van der Waals surface area contributed by atoms with Crippen molar-refractivity contribution in [2.45, 2.75) is 26.9 Å². The molecule has 1 N–H and O–H groups in total. The number of aryl methyl sites for hydroxylation is 1. The number of amides is 1. The van der Waals surface area contributed by atoms with E-state index in [-0.39, 0.29) is 23.1 Å². The molecule has 0 atom stereocenters. The molecule has 0 fully saturated rings. The molecule has 3 rings (SSSR count). The van der Waals surface area contributed by atoms with E-state index >= 15 is 0 Å². The van der Waals surface area contributed by atoms with Crippen molar-refractivity contribution in [1.82, 2.24) is 0 Å². The molecule has 0 aliphatic carbocycles. The van der Waals surface area contributed by atoms with Gasteiger partial charge in [-0.1, -0.05) is 0 Å². The topological polar surface area (TPSA) is 68.5 Å². The maximum atomic E-state index is 13.2. The molecule has 3 aromatic rings. The van der Waals surface area contributed by atoms with E-state index < -0.39 is 11.5 Å². The number of hydrogen-bond donors (Lipinski definition) is 1. The number of fused-ring (bicyclic) bond motifs is 1. The van der Waals surface area contributed by atoms with Crippen LogP contribution in [0.15, 0.2) is 51.7 Å². The number of rotatable bonds is 4.